The van der Waals surface area contributed by atoms with E-state index in [1.54, 1.807) is 0 Å². The molecule has 0 aliphatic carbocycles. The van der Waals surface area contributed by atoms with Gasteiger partial charge in [0.15, 0.2) is 0 Å². The quantitative estimate of drug-likeness (QED) is 0.483. The van der Waals surface area contributed by atoms with Crippen LogP contribution < -0.4 is 0 Å². The molecule has 1 aliphatic heterocycles. The molecule has 2 heteroatoms. The van der Waals surface area contributed by atoms with Gasteiger partial charge < -0.3 is 0 Å². The number of hydrogen-bond donors (Lipinski definition) is 0. The van der Waals surface area contributed by atoms with Crippen molar-refractivity contribution in [3.63, 3.8) is 0 Å². The van der Waals surface area contributed by atoms with Gasteiger partial charge in [-0.1, -0.05) is 47.8 Å². The van der Waals surface area contributed by atoms with Crippen molar-refractivity contribution in [3.8, 4) is 0 Å². The smallest absolute Gasteiger partial charge is 0.0151 e. The van der Waals surface area contributed by atoms with Gasteiger partial charge in [-0.05, 0) is 19.3 Å². The van der Waals surface area contributed by atoms with E-state index in [9.17, 15) is 0 Å². The van der Waals surface area contributed by atoms with E-state index in [-0.39, 0.29) is 0 Å². The molecule has 1 aliphatic rings. The van der Waals surface area contributed by atoms with Crippen LogP contribution in [0.1, 0.15) is 45.4 Å². The van der Waals surface area contributed by atoms with Gasteiger partial charge in [0.05, 0.1) is 0 Å². The molecule has 1 heterocycles. The minimum Gasteiger partial charge on any atom is -0.0939 e. The van der Waals surface area contributed by atoms with Crippen LogP contribution in [-0.2, 0) is 0 Å². The first-order chi connectivity index (χ1) is 5.43. The molecule has 0 spiro atoms. The average Bonchev–Trinajstić information content (AvgIpc) is 2.07. The first kappa shape index (κ1) is 9.79. The summed E-state index contributed by atoms with van der Waals surface area (Å²) < 4.78 is 0. The molecule has 1 saturated heterocycles. The maximum Gasteiger partial charge on any atom is 0.0151 e. The molecule has 0 amide bonds. The molecule has 0 aromatic carbocycles. The van der Waals surface area contributed by atoms with E-state index in [0.717, 1.165) is 5.25 Å². The van der Waals surface area contributed by atoms with Crippen molar-refractivity contribution in [1.82, 2.24) is 0 Å². The first-order valence-corrected chi connectivity index (χ1v) is 7.10. The fourth-order valence-corrected chi connectivity index (χ4v) is 4.27. The largest absolute Gasteiger partial charge is 0.0939 e. The van der Waals surface area contributed by atoms with Gasteiger partial charge >= 0.3 is 0 Å². The second kappa shape index (κ2) is 6.24. The summed E-state index contributed by atoms with van der Waals surface area (Å²) >= 11 is 0. The highest BCUT2D eigenvalue weighted by Gasteiger charge is 2.13. The van der Waals surface area contributed by atoms with Gasteiger partial charge in [0.1, 0.15) is 0 Å². The molecule has 0 bridgehead atoms. The Labute approximate surface area is 78.3 Å². The van der Waals surface area contributed by atoms with Crippen LogP contribution in [0.5, 0.6) is 0 Å². The standard InChI is InChI=1S/C9H18S2/c1-2-3-4-6-9-7-5-8-10-11-9/h9H,2-8H2,1H3. The normalized spacial score (nSPS) is 25.4. The second-order valence-corrected chi connectivity index (χ2v) is 5.97. The third-order valence-corrected chi connectivity index (χ3v) is 5.15. The minimum absolute atomic E-state index is 0.986. The molecule has 0 N–H and O–H groups in total. The Morgan fingerprint density at radius 2 is 2.27 bits per heavy atom. The summed E-state index contributed by atoms with van der Waals surface area (Å²) in [7, 11) is 4.21. The second-order valence-electron chi connectivity index (χ2n) is 3.18. The molecule has 1 fully saturated rings. The van der Waals surface area contributed by atoms with Crippen LogP contribution in [0.25, 0.3) is 0 Å². The van der Waals surface area contributed by atoms with E-state index in [1.165, 1.54) is 44.3 Å². The molecule has 0 nitrogen and oxygen atoms in total. The maximum atomic E-state index is 2.28. The zero-order chi connectivity index (χ0) is 7.94. The molecule has 0 aromatic heterocycles. The molecule has 1 unspecified atom stereocenters. The van der Waals surface area contributed by atoms with Crippen LogP contribution in [0.2, 0.25) is 0 Å². The van der Waals surface area contributed by atoms with Gasteiger partial charge in [0, 0.05) is 11.0 Å². The third-order valence-electron chi connectivity index (χ3n) is 2.09. The molecule has 66 valence electrons. The summed E-state index contributed by atoms with van der Waals surface area (Å²) in [5.74, 6) is 1.38. The van der Waals surface area contributed by atoms with Gasteiger partial charge in [0.2, 0.25) is 0 Å². The first-order valence-electron chi connectivity index (χ1n) is 4.71. The summed E-state index contributed by atoms with van der Waals surface area (Å²) in [6.07, 6.45) is 8.64. The lowest BCUT2D eigenvalue weighted by Crippen LogP contribution is -2.05. The van der Waals surface area contributed by atoms with Crippen molar-refractivity contribution in [1.29, 1.82) is 0 Å². The van der Waals surface area contributed by atoms with Crippen LogP contribution in [-0.4, -0.2) is 11.0 Å². The van der Waals surface area contributed by atoms with E-state index in [0.29, 0.717) is 0 Å². The number of hydrogen-bond acceptors (Lipinski definition) is 2. The highest BCUT2D eigenvalue weighted by molar-refractivity contribution is 8.77. The van der Waals surface area contributed by atoms with Crippen molar-refractivity contribution in [2.24, 2.45) is 0 Å². The van der Waals surface area contributed by atoms with Crippen LogP contribution in [0.3, 0.4) is 0 Å². The zero-order valence-corrected chi connectivity index (χ0v) is 8.98. The topological polar surface area (TPSA) is 0 Å². The fraction of sp³-hybridized carbons (Fsp3) is 1.00. The Kier molecular flexibility index (Phi) is 5.55. The van der Waals surface area contributed by atoms with Crippen molar-refractivity contribution in [3.05, 3.63) is 0 Å². The van der Waals surface area contributed by atoms with Crippen molar-refractivity contribution < 1.29 is 0 Å². The highest BCUT2D eigenvalue weighted by Crippen LogP contribution is 2.37. The number of rotatable bonds is 4. The molecular weight excluding hydrogens is 172 g/mol. The minimum atomic E-state index is 0.986. The third kappa shape index (κ3) is 4.32. The van der Waals surface area contributed by atoms with Crippen molar-refractivity contribution >= 4 is 21.6 Å². The van der Waals surface area contributed by atoms with E-state index >= 15 is 0 Å². The van der Waals surface area contributed by atoms with Gasteiger partial charge in [-0.3, -0.25) is 0 Å². The monoisotopic (exact) mass is 190 g/mol. The Hall–Kier alpha value is 0.700. The highest BCUT2D eigenvalue weighted by atomic mass is 33.1. The average molecular weight is 190 g/mol. The predicted octanol–water partition coefficient (Wildman–Crippen LogP) is 4.11. The SMILES string of the molecule is CCCCCC1CCCSS1. The maximum absolute atomic E-state index is 2.28. The van der Waals surface area contributed by atoms with Crippen LogP contribution in [0.4, 0.5) is 0 Å². The Bertz CT molecular complexity index is 87.6. The lowest BCUT2D eigenvalue weighted by Gasteiger charge is -2.19. The molecular formula is C9H18S2. The summed E-state index contributed by atoms with van der Waals surface area (Å²) in [4.78, 5) is 0. The van der Waals surface area contributed by atoms with Gasteiger partial charge in [-0.2, -0.15) is 0 Å². The molecule has 0 aromatic rings. The van der Waals surface area contributed by atoms with Crippen molar-refractivity contribution in [2.45, 2.75) is 50.7 Å². The van der Waals surface area contributed by atoms with E-state index in [4.69, 9.17) is 0 Å². The summed E-state index contributed by atoms with van der Waals surface area (Å²) in [6, 6.07) is 0. The van der Waals surface area contributed by atoms with E-state index in [1.807, 2.05) is 0 Å². The van der Waals surface area contributed by atoms with Crippen LogP contribution >= 0.6 is 21.6 Å². The van der Waals surface area contributed by atoms with Gasteiger partial charge in [0.25, 0.3) is 0 Å². The summed E-state index contributed by atoms with van der Waals surface area (Å²) in [6.45, 7) is 2.28. The van der Waals surface area contributed by atoms with Gasteiger partial charge in [-0.15, -0.1) is 0 Å². The van der Waals surface area contributed by atoms with Crippen LogP contribution in [0.15, 0.2) is 0 Å². The molecule has 1 rings (SSSR count). The number of unbranched alkanes of at least 4 members (excludes halogenated alkanes) is 2. The Balaban J connectivity index is 1.96. The summed E-state index contributed by atoms with van der Waals surface area (Å²) in [5, 5.41) is 0.986. The molecule has 0 radical (unpaired) electrons. The molecule has 1 atom stereocenters. The van der Waals surface area contributed by atoms with E-state index in [2.05, 4.69) is 28.5 Å². The lowest BCUT2D eigenvalue weighted by molar-refractivity contribution is 0.615. The summed E-state index contributed by atoms with van der Waals surface area (Å²) in [5.41, 5.74) is 0. The lowest BCUT2D eigenvalue weighted by atomic mass is 10.1. The van der Waals surface area contributed by atoms with Gasteiger partial charge in [-0.25, -0.2) is 0 Å². The van der Waals surface area contributed by atoms with E-state index < -0.39 is 0 Å². The molecule has 0 saturated carbocycles. The molecule has 11 heavy (non-hydrogen) atoms. The Morgan fingerprint density at radius 1 is 1.36 bits per heavy atom. The fourth-order valence-electron chi connectivity index (χ4n) is 1.38. The predicted molar refractivity (Wildman–Crippen MR) is 57.2 cm³/mol. The van der Waals surface area contributed by atoms with Crippen molar-refractivity contribution in [2.75, 3.05) is 5.75 Å². The Morgan fingerprint density at radius 3 is 2.91 bits per heavy atom. The van der Waals surface area contributed by atoms with Crippen LogP contribution in [0, 0.1) is 0 Å². The zero-order valence-electron chi connectivity index (χ0n) is 7.34.